The molecule has 0 amide bonds. The molecule has 4 rings (SSSR count). The maximum Gasteiger partial charge on any atom is 0.209 e. The molecule has 1 aliphatic rings. The molecule has 0 N–H and O–H groups in total. The predicted molar refractivity (Wildman–Crippen MR) is 105 cm³/mol. The Bertz CT molecular complexity index is 1030. The number of halogens is 2. The third-order valence-electron chi connectivity index (χ3n) is 4.32. The summed E-state index contributed by atoms with van der Waals surface area (Å²) in [5.41, 5.74) is 1.39. The molecular weight excluding hydrogens is 375 g/mol. The van der Waals surface area contributed by atoms with Crippen molar-refractivity contribution in [1.29, 1.82) is 0 Å². The van der Waals surface area contributed by atoms with Crippen LogP contribution in [0.3, 0.4) is 0 Å². The summed E-state index contributed by atoms with van der Waals surface area (Å²) in [6, 6.07) is 16.7. The second-order valence-corrected chi connectivity index (χ2v) is 7.26. The highest BCUT2D eigenvalue weighted by Gasteiger charge is 2.33. The van der Waals surface area contributed by atoms with E-state index in [2.05, 4.69) is 0 Å². The summed E-state index contributed by atoms with van der Waals surface area (Å²) in [5.74, 6) is 0.446. The van der Waals surface area contributed by atoms with Crippen LogP contribution in [0.5, 0.6) is 5.75 Å². The van der Waals surface area contributed by atoms with Gasteiger partial charge in [-0.15, -0.1) is 0 Å². The number of hydrogen-bond acceptors (Lipinski definition) is 3. The minimum absolute atomic E-state index is 0.245. The Hall–Kier alpha value is -1.94. The van der Waals surface area contributed by atoms with Crippen LogP contribution in [0.2, 0.25) is 10.0 Å². The van der Waals surface area contributed by atoms with Gasteiger partial charge >= 0.3 is 0 Å². The van der Waals surface area contributed by atoms with E-state index in [1.807, 2.05) is 36.4 Å². The summed E-state index contributed by atoms with van der Waals surface area (Å²) in [4.78, 5) is 13.4. The van der Waals surface area contributed by atoms with E-state index in [0.717, 1.165) is 16.3 Å². The molecule has 1 atom stereocenters. The van der Waals surface area contributed by atoms with Gasteiger partial charge in [0.15, 0.2) is 6.10 Å². The molecule has 1 aliphatic heterocycles. The number of Topliss-reactive ketones (excluding diaryl/α,β-unsaturated/α-hetero) is 1. The highest BCUT2D eigenvalue weighted by atomic mass is 35.5. The Balaban J connectivity index is 1.73. The lowest BCUT2D eigenvalue weighted by Crippen LogP contribution is -2.39. The minimum atomic E-state index is -0.817. The van der Waals surface area contributed by atoms with Crippen LogP contribution < -0.4 is 4.74 Å². The molecule has 25 heavy (non-hydrogen) atoms. The summed E-state index contributed by atoms with van der Waals surface area (Å²) in [5, 5.41) is 3.00. The highest BCUT2D eigenvalue weighted by molar-refractivity contribution is 7.80. The topological polar surface area (TPSA) is 26.3 Å². The fourth-order valence-corrected chi connectivity index (χ4v) is 3.90. The van der Waals surface area contributed by atoms with E-state index >= 15 is 0 Å². The zero-order valence-electron chi connectivity index (χ0n) is 13.0. The number of hydrogen-bond donors (Lipinski definition) is 0. The molecule has 0 radical (unpaired) electrons. The second-order valence-electron chi connectivity index (χ2n) is 5.89. The molecule has 3 aromatic rings. The largest absolute Gasteiger partial charge is 0.477 e. The van der Waals surface area contributed by atoms with E-state index < -0.39 is 6.10 Å². The van der Waals surface area contributed by atoms with Crippen LogP contribution in [0.4, 0.5) is 0 Å². The van der Waals surface area contributed by atoms with Crippen LogP contribution in [0, 0.1) is 0 Å². The van der Waals surface area contributed by atoms with E-state index in [-0.39, 0.29) is 5.78 Å². The highest BCUT2D eigenvalue weighted by Crippen LogP contribution is 2.34. The molecule has 124 valence electrons. The number of rotatable bonds is 2. The molecule has 0 aliphatic carbocycles. The van der Waals surface area contributed by atoms with Gasteiger partial charge in [-0.25, -0.2) is 0 Å². The fourth-order valence-electron chi connectivity index (χ4n) is 3.10. The molecule has 0 fully saturated rings. The van der Waals surface area contributed by atoms with E-state index in [9.17, 15) is 4.79 Å². The van der Waals surface area contributed by atoms with Gasteiger partial charge in [0.05, 0.1) is 5.02 Å². The van der Waals surface area contributed by atoms with Crippen molar-refractivity contribution >= 4 is 56.8 Å². The first-order valence-electron chi connectivity index (χ1n) is 7.74. The summed E-state index contributed by atoms with van der Waals surface area (Å²) in [6.07, 6.45) is -0.296. The lowest BCUT2D eigenvalue weighted by atomic mass is 9.93. The number of carbonyl (C=O) groups is 1. The lowest BCUT2D eigenvalue weighted by molar-refractivity contribution is 0.0866. The van der Waals surface area contributed by atoms with Gasteiger partial charge in [-0.2, -0.15) is 0 Å². The monoisotopic (exact) mass is 386 g/mol. The van der Waals surface area contributed by atoms with Gasteiger partial charge < -0.3 is 4.74 Å². The van der Waals surface area contributed by atoms with Gasteiger partial charge in [-0.3, -0.25) is 4.79 Å². The maximum absolute atomic E-state index is 12.9. The summed E-state index contributed by atoms with van der Waals surface area (Å²) < 4.78 is 5.97. The first-order valence-corrected chi connectivity index (χ1v) is 8.90. The van der Waals surface area contributed by atoms with Crippen LogP contribution in [0.15, 0.2) is 54.6 Å². The molecule has 2 nitrogen and oxygen atoms in total. The van der Waals surface area contributed by atoms with Crippen LogP contribution in [0.25, 0.3) is 10.8 Å². The maximum atomic E-state index is 12.9. The van der Waals surface area contributed by atoms with Gasteiger partial charge in [0.2, 0.25) is 5.78 Å². The number of thiocarbonyl (C=S) groups is 1. The molecule has 0 spiro atoms. The zero-order chi connectivity index (χ0) is 17.6. The Labute approximate surface area is 160 Å². The summed E-state index contributed by atoms with van der Waals surface area (Å²) in [6.45, 7) is 0. The average molecular weight is 387 g/mol. The van der Waals surface area contributed by atoms with Gasteiger partial charge in [-0.05, 0) is 35.0 Å². The summed E-state index contributed by atoms with van der Waals surface area (Å²) >= 11 is 17.6. The average Bonchev–Trinajstić information content (AvgIpc) is 2.60. The Morgan fingerprint density at radius 1 is 1.08 bits per heavy atom. The molecular formula is C20H12Cl2O2S. The van der Waals surface area contributed by atoms with Crippen LogP contribution in [0.1, 0.15) is 15.9 Å². The van der Waals surface area contributed by atoms with E-state index in [1.165, 1.54) is 0 Å². The molecule has 0 aromatic heterocycles. The molecule has 5 heteroatoms. The zero-order valence-corrected chi connectivity index (χ0v) is 15.3. The standard InChI is InChI=1S/C20H12Cl2O2S/c21-12-6-7-14(16(22)9-12)19(23)20-18(25)10-15-13-4-2-1-3-11(13)5-8-17(15)24-20/h1-9,20H,10H2. The van der Waals surface area contributed by atoms with Crippen LogP contribution in [-0.4, -0.2) is 16.8 Å². The number of ketones is 1. The quantitative estimate of drug-likeness (QED) is 0.417. The second kappa shape index (κ2) is 6.41. The first-order chi connectivity index (χ1) is 12.0. The van der Waals surface area contributed by atoms with Gasteiger partial charge in [0.1, 0.15) is 5.75 Å². The third-order valence-corrected chi connectivity index (χ3v) is 5.23. The predicted octanol–water partition coefficient (Wildman–Crippen LogP) is 5.70. The van der Waals surface area contributed by atoms with E-state index in [4.69, 9.17) is 40.2 Å². The summed E-state index contributed by atoms with van der Waals surface area (Å²) in [7, 11) is 0. The Morgan fingerprint density at radius 2 is 1.88 bits per heavy atom. The Morgan fingerprint density at radius 3 is 2.68 bits per heavy atom. The van der Waals surface area contributed by atoms with Crippen molar-refractivity contribution in [2.24, 2.45) is 0 Å². The van der Waals surface area contributed by atoms with Crippen molar-refractivity contribution < 1.29 is 9.53 Å². The minimum Gasteiger partial charge on any atom is -0.477 e. The molecule has 0 saturated carbocycles. The first kappa shape index (κ1) is 16.5. The smallest absolute Gasteiger partial charge is 0.209 e. The van der Waals surface area contributed by atoms with Crippen molar-refractivity contribution in [3.63, 3.8) is 0 Å². The van der Waals surface area contributed by atoms with Gasteiger partial charge in [0.25, 0.3) is 0 Å². The third kappa shape index (κ3) is 2.93. The number of fused-ring (bicyclic) bond motifs is 3. The van der Waals surface area contributed by atoms with E-state index in [0.29, 0.717) is 32.6 Å². The van der Waals surface area contributed by atoms with Gasteiger partial charge in [0, 0.05) is 27.4 Å². The fraction of sp³-hybridized carbons (Fsp3) is 0.100. The Kier molecular flexibility index (Phi) is 4.24. The molecule has 3 aromatic carbocycles. The van der Waals surface area contributed by atoms with Crippen LogP contribution in [-0.2, 0) is 6.42 Å². The lowest BCUT2D eigenvalue weighted by Gasteiger charge is -2.27. The molecule has 1 heterocycles. The normalized spacial score (nSPS) is 16.4. The van der Waals surface area contributed by atoms with Crippen LogP contribution >= 0.6 is 35.4 Å². The van der Waals surface area contributed by atoms with Crippen molar-refractivity contribution in [2.75, 3.05) is 0 Å². The van der Waals surface area contributed by atoms with E-state index in [1.54, 1.807) is 18.2 Å². The number of carbonyl (C=O) groups excluding carboxylic acids is 1. The van der Waals surface area contributed by atoms with Crippen molar-refractivity contribution in [1.82, 2.24) is 0 Å². The SMILES string of the molecule is O=C(c1ccc(Cl)cc1Cl)C1Oc2ccc3ccccc3c2CC1=S. The molecule has 0 saturated heterocycles. The van der Waals surface area contributed by atoms with Crippen molar-refractivity contribution in [3.05, 3.63) is 75.8 Å². The molecule has 1 unspecified atom stereocenters. The molecule has 0 bridgehead atoms. The van der Waals surface area contributed by atoms with Crippen molar-refractivity contribution in [2.45, 2.75) is 12.5 Å². The number of ether oxygens (including phenoxy) is 1. The number of benzene rings is 3. The van der Waals surface area contributed by atoms with Gasteiger partial charge in [-0.1, -0.05) is 65.8 Å². The van der Waals surface area contributed by atoms with Crippen molar-refractivity contribution in [3.8, 4) is 5.75 Å².